The summed E-state index contributed by atoms with van der Waals surface area (Å²) in [5.74, 6) is 2.41. The molecule has 0 amide bonds. The Kier molecular flexibility index (Phi) is 10.4. The Morgan fingerprint density at radius 1 is 0.905 bits per heavy atom. The molecule has 0 N–H and O–H groups in total. The Morgan fingerprint density at radius 3 is 2.19 bits per heavy atom. The summed E-state index contributed by atoms with van der Waals surface area (Å²) in [5, 5.41) is 0. The standard InChI is InChI=1S/C19H38O2/c1-16(2)9-7-10-17(3)11-8-12-18(4)15-21-19-13-5-6-14-20-19/h16-19H,5-15H2,1-4H3/t17?,18-,19-/m1/s1. The lowest BCUT2D eigenvalue weighted by Crippen LogP contribution is -2.24. The minimum Gasteiger partial charge on any atom is -0.353 e. The fraction of sp³-hybridized carbons (Fsp3) is 1.00. The van der Waals surface area contributed by atoms with Crippen molar-refractivity contribution in [2.75, 3.05) is 13.2 Å². The summed E-state index contributed by atoms with van der Waals surface area (Å²) in [6.45, 7) is 11.1. The van der Waals surface area contributed by atoms with E-state index in [9.17, 15) is 0 Å². The first-order chi connectivity index (χ1) is 10.1. The predicted octanol–water partition coefficient (Wildman–Crippen LogP) is 5.80. The Labute approximate surface area is 133 Å². The molecule has 2 heteroatoms. The molecule has 1 rings (SSSR count). The lowest BCUT2D eigenvalue weighted by molar-refractivity contribution is -0.168. The smallest absolute Gasteiger partial charge is 0.157 e. The molecule has 0 bridgehead atoms. The zero-order valence-corrected chi connectivity index (χ0v) is 14.9. The molecule has 1 fully saturated rings. The summed E-state index contributed by atoms with van der Waals surface area (Å²) < 4.78 is 11.5. The third kappa shape index (κ3) is 10.3. The van der Waals surface area contributed by atoms with Crippen LogP contribution in [0.4, 0.5) is 0 Å². The van der Waals surface area contributed by atoms with Crippen molar-refractivity contribution in [1.29, 1.82) is 0 Å². The van der Waals surface area contributed by atoms with E-state index in [2.05, 4.69) is 27.7 Å². The van der Waals surface area contributed by atoms with Crippen molar-refractivity contribution in [3.63, 3.8) is 0 Å². The first-order valence-electron chi connectivity index (χ1n) is 9.31. The van der Waals surface area contributed by atoms with Crippen LogP contribution in [0, 0.1) is 17.8 Å². The molecule has 1 unspecified atom stereocenters. The average Bonchev–Trinajstić information content (AvgIpc) is 2.46. The molecule has 21 heavy (non-hydrogen) atoms. The van der Waals surface area contributed by atoms with Crippen LogP contribution in [0.5, 0.6) is 0 Å². The van der Waals surface area contributed by atoms with Crippen LogP contribution in [0.25, 0.3) is 0 Å². The normalized spacial score (nSPS) is 22.4. The maximum absolute atomic E-state index is 5.87. The molecule has 1 aliphatic heterocycles. The van der Waals surface area contributed by atoms with E-state index in [0.29, 0.717) is 5.92 Å². The zero-order chi connectivity index (χ0) is 15.5. The lowest BCUT2D eigenvalue weighted by atomic mass is 9.94. The summed E-state index contributed by atoms with van der Waals surface area (Å²) >= 11 is 0. The van der Waals surface area contributed by atoms with Gasteiger partial charge in [0.25, 0.3) is 0 Å². The molecular formula is C19H38O2. The summed E-state index contributed by atoms with van der Waals surface area (Å²) in [6, 6.07) is 0. The van der Waals surface area contributed by atoms with Gasteiger partial charge in [-0.15, -0.1) is 0 Å². The Morgan fingerprint density at radius 2 is 1.57 bits per heavy atom. The van der Waals surface area contributed by atoms with Gasteiger partial charge >= 0.3 is 0 Å². The van der Waals surface area contributed by atoms with Crippen molar-refractivity contribution < 1.29 is 9.47 Å². The van der Waals surface area contributed by atoms with E-state index >= 15 is 0 Å². The fourth-order valence-electron chi connectivity index (χ4n) is 3.03. The van der Waals surface area contributed by atoms with Crippen LogP contribution < -0.4 is 0 Å². The highest BCUT2D eigenvalue weighted by molar-refractivity contribution is 4.60. The van der Waals surface area contributed by atoms with Crippen LogP contribution in [0.3, 0.4) is 0 Å². The van der Waals surface area contributed by atoms with Crippen LogP contribution in [0.15, 0.2) is 0 Å². The molecule has 0 aromatic carbocycles. The van der Waals surface area contributed by atoms with Gasteiger partial charge in [0.2, 0.25) is 0 Å². The number of rotatable bonds is 11. The molecule has 0 aliphatic carbocycles. The van der Waals surface area contributed by atoms with Crippen LogP contribution in [-0.4, -0.2) is 19.5 Å². The van der Waals surface area contributed by atoms with E-state index in [1.54, 1.807) is 0 Å². The fourth-order valence-corrected chi connectivity index (χ4v) is 3.03. The summed E-state index contributed by atoms with van der Waals surface area (Å²) in [5.41, 5.74) is 0. The predicted molar refractivity (Wildman–Crippen MR) is 90.4 cm³/mol. The minimum atomic E-state index is 0.0798. The van der Waals surface area contributed by atoms with Crippen molar-refractivity contribution in [2.24, 2.45) is 17.8 Å². The van der Waals surface area contributed by atoms with Gasteiger partial charge < -0.3 is 9.47 Å². The second-order valence-electron chi connectivity index (χ2n) is 7.60. The Hall–Kier alpha value is -0.0800. The zero-order valence-electron chi connectivity index (χ0n) is 14.9. The van der Waals surface area contributed by atoms with E-state index in [4.69, 9.17) is 9.47 Å². The molecule has 126 valence electrons. The van der Waals surface area contributed by atoms with E-state index in [-0.39, 0.29) is 6.29 Å². The Bertz CT molecular complexity index is 234. The lowest BCUT2D eigenvalue weighted by Gasteiger charge is -2.24. The van der Waals surface area contributed by atoms with Gasteiger partial charge in [-0.2, -0.15) is 0 Å². The van der Waals surface area contributed by atoms with Gasteiger partial charge in [-0.3, -0.25) is 0 Å². The first-order valence-corrected chi connectivity index (χ1v) is 9.31. The van der Waals surface area contributed by atoms with Gasteiger partial charge in [-0.25, -0.2) is 0 Å². The van der Waals surface area contributed by atoms with Crippen LogP contribution in [0.2, 0.25) is 0 Å². The summed E-state index contributed by atoms with van der Waals surface area (Å²) in [6.07, 6.45) is 11.8. The highest BCUT2D eigenvalue weighted by atomic mass is 16.7. The SMILES string of the molecule is CC(C)CCCC(C)CCC[C@@H](C)CO[C@@H]1CCCCO1. The van der Waals surface area contributed by atoms with Gasteiger partial charge in [0.05, 0.1) is 6.61 Å². The van der Waals surface area contributed by atoms with Crippen molar-refractivity contribution in [3.8, 4) is 0 Å². The third-order valence-corrected chi connectivity index (χ3v) is 4.58. The van der Waals surface area contributed by atoms with Gasteiger partial charge in [0, 0.05) is 6.61 Å². The van der Waals surface area contributed by atoms with Gasteiger partial charge in [0.15, 0.2) is 6.29 Å². The molecule has 0 aromatic heterocycles. The van der Waals surface area contributed by atoms with Gasteiger partial charge in [-0.1, -0.05) is 59.8 Å². The number of ether oxygens (including phenoxy) is 2. The molecule has 0 spiro atoms. The largest absolute Gasteiger partial charge is 0.353 e. The van der Waals surface area contributed by atoms with E-state index < -0.39 is 0 Å². The molecule has 2 nitrogen and oxygen atoms in total. The first kappa shape index (κ1) is 19.0. The van der Waals surface area contributed by atoms with E-state index in [1.165, 1.54) is 51.4 Å². The molecule has 0 saturated carbocycles. The molecule has 1 heterocycles. The van der Waals surface area contributed by atoms with Crippen LogP contribution in [0.1, 0.15) is 85.5 Å². The third-order valence-electron chi connectivity index (χ3n) is 4.58. The molecular weight excluding hydrogens is 260 g/mol. The highest BCUT2D eigenvalue weighted by Gasteiger charge is 2.15. The topological polar surface area (TPSA) is 18.5 Å². The summed E-state index contributed by atoms with van der Waals surface area (Å²) in [7, 11) is 0. The molecule has 0 radical (unpaired) electrons. The van der Waals surface area contributed by atoms with Crippen molar-refractivity contribution in [1.82, 2.24) is 0 Å². The average molecular weight is 299 g/mol. The molecule has 1 aliphatic rings. The maximum Gasteiger partial charge on any atom is 0.157 e. The van der Waals surface area contributed by atoms with Crippen molar-refractivity contribution >= 4 is 0 Å². The van der Waals surface area contributed by atoms with Crippen molar-refractivity contribution in [2.45, 2.75) is 91.8 Å². The van der Waals surface area contributed by atoms with Crippen LogP contribution in [-0.2, 0) is 9.47 Å². The van der Waals surface area contributed by atoms with Gasteiger partial charge in [-0.05, 0) is 43.4 Å². The number of hydrogen-bond donors (Lipinski definition) is 0. The maximum atomic E-state index is 5.87. The monoisotopic (exact) mass is 298 g/mol. The van der Waals surface area contributed by atoms with Gasteiger partial charge in [0.1, 0.15) is 0 Å². The molecule has 3 atom stereocenters. The van der Waals surface area contributed by atoms with E-state index in [0.717, 1.165) is 31.5 Å². The quantitative estimate of drug-likeness (QED) is 0.480. The second kappa shape index (κ2) is 11.5. The summed E-state index contributed by atoms with van der Waals surface area (Å²) in [4.78, 5) is 0. The minimum absolute atomic E-state index is 0.0798. The molecule has 1 saturated heterocycles. The van der Waals surface area contributed by atoms with E-state index in [1.807, 2.05) is 0 Å². The Balaban J connectivity index is 1.95. The molecule has 0 aromatic rings. The highest BCUT2D eigenvalue weighted by Crippen LogP contribution is 2.20. The van der Waals surface area contributed by atoms with Crippen LogP contribution >= 0.6 is 0 Å². The van der Waals surface area contributed by atoms with Crippen molar-refractivity contribution in [3.05, 3.63) is 0 Å². The number of hydrogen-bond acceptors (Lipinski definition) is 2. The second-order valence-corrected chi connectivity index (χ2v) is 7.60.